The Balaban J connectivity index is 2.15. The first-order valence-electron chi connectivity index (χ1n) is 7.10. The summed E-state index contributed by atoms with van der Waals surface area (Å²) < 4.78 is 2.09. The summed E-state index contributed by atoms with van der Waals surface area (Å²) in [5, 5.41) is 14.9. The third-order valence-corrected chi connectivity index (χ3v) is 4.44. The van der Waals surface area contributed by atoms with E-state index in [0.29, 0.717) is 21.5 Å². The van der Waals surface area contributed by atoms with Gasteiger partial charge in [0.2, 0.25) is 0 Å². The first-order valence-corrected chi connectivity index (χ1v) is 8.27. The molecule has 0 radical (unpaired) electrons. The molecule has 24 heavy (non-hydrogen) atoms. The third-order valence-electron chi connectivity index (χ3n) is 3.60. The average molecular weight is 408 g/mol. The van der Waals surface area contributed by atoms with Gasteiger partial charge in [0.25, 0.3) is 5.56 Å². The van der Waals surface area contributed by atoms with Crippen molar-refractivity contribution in [3.8, 4) is 0 Å². The van der Waals surface area contributed by atoms with Crippen molar-refractivity contribution < 1.29 is 9.90 Å². The molecule has 0 fully saturated rings. The predicted molar refractivity (Wildman–Crippen MR) is 95.6 cm³/mol. The fraction of sp³-hybridized carbons (Fsp3) is 0.118. The van der Waals surface area contributed by atoms with Crippen LogP contribution in [0.2, 0.25) is 5.02 Å². The fourth-order valence-corrected chi connectivity index (χ4v) is 3.23. The lowest BCUT2D eigenvalue weighted by molar-refractivity contribution is -0.136. The number of rotatable bonds is 4. The van der Waals surface area contributed by atoms with Crippen LogP contribution in [0.4, 0.5) is 0 Å². The first kappa shape index (κ1) is 16.7. The van der Waals surface area contributed by atoms with E-state index in [1.54, 1.807) is 36.4 Å². The van der Waals surface area contributed by atoms with Gasteiger partial charge in [-0.05, 0) is 23.8 Å². The number of nitrogens with zero attached hydrogens (tertiary/aromatic N) is 2. The number of carboxylic acid groups (broad SMARTS) is 1. The number of hydrogen-bond acceptors (Lipinski definition) is 3. The molecule has 1 heterocycles. The molecule has 0 aliphatic rings. The van der Waals surface area contributed by atoms with Crippen molar-refractivity contribution in [2.45, 2.75) is 13.0 Å². The van der Waals surface area contributed by atoms with Crippen LogP contribution in [0.15, 0.2) is 51.7 Å². The van der Waals surface area contributed by atoms with Gasteiger partial charge >= 0.3 is 5.97 Å². The van der Waals surface area contributed by atoms with E-state index in [1.165, 1.54) is 4.68 Å². The molecule has 1 aromatic heterocycles. The monoisotopic (exact) mass is 406 g/mol. The van der Waals surface area contributed by atoms with E-state index in [-0.39, 0.29) is 18.5 Å². The van der Waals surface area contributed by atoms with Crippen molar-refractivity contribution in [1.82, 2.24) is 9.78 Å². The lowest BCUT2D eigenvalue weighted by Gasteiger charge is -2.11. The number of aliphatic carboxylic acids is 1. The van der Waals surface area contributed by atoms with Crippen molar-refractivity contribution in [2.24, 2.45) is 0 Å². The molecule has 0 aliphatic heterocycles. The standard InChI is InChI=1S/C17H12BrClN2O3/c18-11-6-5-10(14(19)7-11)9-21-17(24)13-4-2-1-3-12(13)15(20-21)8-16(22)23/h1-7H,8-9H2,(H,22,23). The van der Waals surface area contributed by atoms with Gasteiger partial charge in [0.1, 0.15) is 0 Å². The summed E-state index contributed by atoms with van der Waals surface area (Å²) in [6.07, 6.45) is -0.255. The highest BCUT2D eigenvalue weighted by Crippen LogP contribution is 2.22. The van der Waals surface area contributed by atoms with E-state index >= 15 is 0 Å². The second kappa shape index (κ2) is 6.75. The molecule has 0 spiro atoms. The highest BCUT2D eigenvalue weighted by Gasteiger charge is 2.14. The minimum atomic E-state index is -1.00. The largest absolute Gasteiger partial charge is 0.481 e. The van der Waals surface area contributed by atoms with Crippen LogP contribution < -0.4 is 5.56 Å². The molecule has 0 unspecified atom stereocenters. The molecule has 0 amide bonds. The molecule has 2 aromatic carbocycles. The van der Waals surface area contributed by atoms with Crippen LogP contribution in [0, 0.1) is 0 Å². The molecular weight excluding hydrogens is 396 g/mol. The minimum Gasteiger partial charge on any atom is -0.481 e. The summed E-state index contributed by atoms with van der Waals surface area (Å²) in [6.45, 7) is 0.169. The zero-order valence-corrected chi connectivity index (χ0v) is 14.7. The summed E-state index contributed by atoms with van der Waals surface area (Å²) in [7, 11) is 0. The smallest absolute Gasteiger partial charge is 0.309 e. The van der Waals surface area contributed by atoms with Crippen LogP contribution in [0.3, 0.4) is 0 Å². The lowest BCUT2D eigenvalue weighted by Crippen LogP contribution is -2.26. The number of hydrogen-bond donors (Lipinski definition) is 1. The summed E-state index contributed by atoms with van der Waals surface area (Å²) in [6, 6.07) is 12.2. The van der Waals surface area contributed by atoms with E-state index in [2.05, 4.69) is 21.0 Å². The average Bonchev–Trinajstić information content (AvgIpc) is 2.54. The van der Waals surface area contributed by atoms with Crippen molar-refractivity contribution >= 4 is 44.3 Å². The fourth-order valence-electron chi connectivity index (χ4n) is 2.50. The van der Waals surface area contributed by atoms with Gasteiger partial charge in [0.15, 0.2) is 0 Å². The van der Waals surface area contributed by atoms with Crippen LogP contribution in [-0.2, 0) is 17.8 Å². The molecular formula is C17H12BrClN2O3. The number of benzene rings is 2. The molecule has 0 atom stereocenters. The van der Waals surface area contributed by atoms with Gasteiger partial charge in [-0.25, -0.2) is 4.68 Å². The zero-order chi connectivity index (χ0) is 17.3. The second-order valence-corrected chi connectivity index (χ2v) is 6.58. The van der Waals surface area contributed by atoms with Gasteiger partial charge in [-0.2, -0.15) is 5.10 Å². The van der Waals surface area contributed by atoms with Gasteiger partial charge in [-0.1, -0.05) is 51.8 Å². The van der Waals surface area contributed by atoms with E-state index in [9.17, 15) is 9.59 Å². The van der Waals surface area contributed by atoms with E-state index in [4.69, 9.17) is 16.7 Å². The SMILES string of the molecule is O=C(O)Cc1nn(Cc2ccc(Br)cc2Cl)c(=O)c2ccccc12. The van der Waals surface area contributed by atoms with Gasteiger partial charge in [0, 0.05) is 14.9 Å². The summed E-state index contributed by atoms with van der Waals surface area (Å²) in [5.74, 6) is -1.00. The summed E-state index contributed by atoms with van der Waals surface area (Å²) in [5.41, 5.74) is 0.802. The number of carboxylic acids is 1. The normalized spacial score (nSPS) is 10.9. The number of halogens is 2. The summed E-state index contributed by atoms with van der Waals surface area (Å²) in [4.78, 5) is 23.8. The molecule has 3 rings (SSSR count). The summed E-state index contributed by atoms with van der Waals surface area (Å²) >= 11 is 9.54. The van der Waals surface area contributed by atoms with Crippen LogP contribution in [0.5, 0.6) is 0 Å². The van der Waals surface area contributed by atoms with Crippen molar-refractivity contribution in [3.63, 3.8) is 0 Å². The van der Waals surface area contributed by atoms with E-state index in [1.807, 2.05) is 6.07 Å². The van der Waals surface area contributed by atoms with Crippen molar-refractivity contribution in [2.75, 3.05) is 0 Å². The second-order valence-electron chi connectivity index (χ2n) is 5.26. The molecule has 0 aliphatic carbocycles. The maximum atomic E-state index is 12.6. The van der Waals surface area contributed by atoms with Gasteiger partial charge < -0.3 is 5.11 Å². The van der Waals surface area contributed by atoms with E-state index < -0.39 is 5.97 Å². The molecule has 0 bridgehead atoms. The molecule has 0 saturated heterocycles. The maximum Gasteiger partial charge on any atom is 0.309 e. The molecule has 1 N–H and O–H groups in total. The van der Waals surface area contributed by atoms with Crippen LogP contribution in [0.1, 0.15) is 11.3 Å². The molecule has 122 valence electrons. The Bertz CT molecular complexity index is 1000. The predicted octanol–water partition coefficient (Wildman–Crippen LogP) is 3.49. The first-order chi connectivity index (χ1) is 11.5. The van der Waals surface area contributed by atoms with Gasteiger partial charge in [-0.15, -0.1) is 0 Å². The Labute approximate surface area is 150 Å². The Morgan fingerprint density at radius 3 is 2.58 bits per heavy atom. The number of carbonyl (C=O) groups is 1. The van der Waals surface area contributed by atoms with E-state index in [0.717, 1.165) is 10.0 Å². The number of fused-ring (bicyclic) bond motifs is 1. The molecule has 5 nitrogen and oxygen atoms in total. The highest BCUT2D eigenvalue weighted by molar-refractivity contribution is 9.10. The van der Waals surface area contributed by atoms with Crippen molar-refractivity contribution in [3.05, 3.63) is 73.6 Å². The van der Waals surface area contributed by atoms with Gasteiger partial charge in [-0.3, -0.25) is 9.59 Å². The quantitative estimate of drug-likeness (QED) is 0.718. The zero-order valence-electron chi connectivity index (χ0n) is 12.4. The maximum absolute atomic E-state index is 12.6. The lowest BCUT2D eigenvalue weighted by atomic mass is 10.1. The van der Waals surface area contributed by atoms with Crippen LogP contribution in [0.25, 0.3) is 10.8 Å². The topological polar surface area (TPSA) is 72.2 Å². The molecule has 0 saturated carbocycles. The Morgan fingerprint density at radius 2 is 1.92 bits per heavy atom. The molecule has 7 heteroatoms. The third kappa shape index (κ3) is 3.34. The van der Waals surface area contributed by atoms with Crippen LogP contribution in [-0.4, -0.2) is 20.9 Å². The minimum absolute atomic E-state index is 0.169. The Kier molecular flexibility index (Phi) is 4.69. The Morgan fingerprint density at radius 1 is 1.21 bits per heavy atom. The Hall–Kier alpha value is -2.18. The molecule has 3 aromatic rings. The number of aromatic nitrogens is 2. The van der Waals surface area contributed by atoms with Crippen LogP contribution >= 0.6 is 27.5 Å². The highest BCUT2D eigenvalue weighted by atomic mass is 79.9. The van der Waals surface area contributed by atoms with Gasteiger partial charge in [0.05, 0.1) is 24.0 Å². The van der Waals surface area contributed by atoms with Crippen molar-refractivity contribution in [1.29, 1.82) is 0 Å².